The zero-order chi connectivity index (χ0) is 16.1. The molecule has 2 saturated heterocycles. The third-order valence-corrected chi connectivity index (χ3v) is 4.77. The molecule has 2 aliphatic heterocycles. The highest BCUT2D eigenvalue weighted by Gasteiger charge is 2.35. The van der Waals surface area contributed by atoms with Crippen molar-refractivity contribution in [3.8, 4) is 0 Å². The third kappa shape index (κ3) is 4.58. The molecule has 7 heteroatoms. The SMILES string of the molecule is I.NC(=NCC1(c2cccc(F)c2)CCOCC1)N1CCOCC1. The molecule has 0 radical (unpaired) electrons. The predicted octanol–water partition coefficient (Wildman–Crippen LogP) is 2.14. The van der Waals surface area contributed by atoms with Gasteiger partial charge in [0.05, 0.1) is 19.8 Å². The van der Waals surface area contributed by atoms with Crippen molar-refractivity contribution >= 4 is 29.9 Å². The lowest BCUT2D eigenvalue weighted by Crippen LogP contribution is -2.46. The smallest absolute Gasteiger partial charge is 0.191 e. The zero-order valence-electron chi connectivity index (χ0n) is 13.7. The molecule has 1 aromatic carbocycles. The van der Waals surface area contributed by atoms with Crippen LogP contribution in [-0.4, -0.2) is 56.9 Å². The number of guanidine groups is 1. The van der Waals surface area contributed by atoms with E-state index in [1.807, 2.05) is 11.0 Å². The first-order valence-corrected chi connectivity index (χ1v) is 8.16. The summed E-state index contributed by atoms with van der Waals surface area (Å²) in [4.78, 5) is 6.68. The maximum atomic E-state index is 13.7. The minimum atomic E-state index is -0.210. The Labute approximate surface area is 159 Å². The standard InChI is InChI=1S/C17H24FN3O2.HI/c18-15-3-1-2-14(12-15)17(4-8-22-9-5-17)13-20-16(19)21-6-10-23-11-7-21;/h1-3,12H,4-11,13H2,(H2,19,20);1H. The van der Waals surface area contributed by atoms with E-state index in [0.717, 1.165) is 31.5 Å². The summed E-state index contributed by atoms with van der Waals surface area (Å²) in [7, 11) is 0. The second-order valence-corrected chi connectivity index (χ2v) is 6.18. The predicted molar refractivity (Wildman–Crippen MR) is 102 cm³/mol. The Morgan fingerprint density at radius 2 is 1.83 bits per heavy atom. The van der Waals surface area contributed by atoms with Crippen LogP contribution in [0.15, 0.2) is 29.3 Å². The van der Waals surface area contributed by atoms with Crippen LogP contribution < -0.4 is 5.73 Å². The number of hydrogen-bond donors (Lipinski definition) is 1. The molecule has 2 aliphatic rings. The van der Waals surface area contributed by atoms with Gasteiger partial charge in [-0.25, -0.2) is 4.39 Å². The van der Waals surface area contributed by atoms with Gasteiger partial charge in [-0.05, 0) is 30.5 Å². The van der Waals surface area contributed by atoms with Gasteiger partial charge in [0.2, 0.25) is 0 Å². The minimum absolute atomic E-state index is 0. The maximum Gasteiger partial charge on any atom is 0.191 e. The molecule has 5 nitrogen and oxygen atoms in total. The van der Waals surface area contributed by atoms with E-state index in [2.05, 4.69) is 4.99 Å². The number of nitrogens with two attached hydrogens (primary N) is 1. The average Bonchev–Trinajstić information content (AvgIpc) is 2.61. The van der Waals surface area contributed by atoms with Gasteiger partial charge in [-0.15, -0.1) is 24.0 Å². The van der Waals surface area contributed by atoms with Crippen LogP contribution in [0.3, 0.4) is 0 Å². The summed E-state index contributed by atoms with van der Waals surface area (Å²) in [6.45, 7) is 4.80. The molecule has 24 heavy (non-hydrogen) atoms. The van der Waals surface area contributed by atoms with E-state index in [4.69, 9.17) is 15.2 Å². The zero-order valence-corrected chi connectivity index (χ0v) is 16.1. The van der Waals surface area contributed by atoms with Crippen molar-refractivity contribution in [3.05, 3.63) is 35.6 Å². The molecule has 2 fully saturated rings. The molecule has 0 amide bonds. The van der Waals surface area contributed by atoms with Crippen molar-refractivity contribution in [2.45, 2.75) is 18.3 Å². The first-order valence-electron chi connectivity index (χ1n) is 8.16. The second-order valence-electron chi connectivity index (χ2n) is 6.18. The van der Waals surface area contributed by atoms with Gasteiger partial charge in [-0.2, -0.15) is 0 Å². The Bertz CT molecular complexity index is 559. The molecular formula is C17H25FIN3O2. The van der Waals surface area contributed by atoms with E-state index in [1.54, 1.807) is 12.1 Å². The van der Waals surface area contributed by atoms with Crippen LogP contribution in [0.2, 0.25) is 0 Å². The number of nitrogens with zero attached hydrogens (tertiary/aromatic N) is 2. The fourth-order valence-corrected chi connectivity index (χ4v) is 3.24. The number of aliphatic imine (C=N–C) groups is 1. The molecule has 0 saturated carbocycles. The second kappa shape index (κ2) is 8.96. The van der Waals surface area contributed by atoms with Gasteiger partial charge in [0.25, 0.3) is 0 Å². The van der Waals surface area contributed by atoms with E-state index in [9.17, 15) is 4.39 Å². The van der Waals surface area contributed by atoms with Crippen LogP contribution in [0.25, 0.3) is 0 Å². The van der Waals surface area contributed by atoms with Crippen molar-refractivity contribution < 1.29 is 13.9 Å². The number of halogens is 2. The number of hydrogen-bond acceptors (Lipinski definition) is 3. The Morgan fingerprint density at radius 3 is 2.50 bits per heavy atom. The average molecular weight is 449 g/mol. The van der Waals surface area contributed by atoms with E-state index in [0.29, 0.717) is 38.9 Å². The topological polar surface area (TPSA) is 60.1 Å². The number of benzene rings is 1. The van der Waals surface area contributed by atoms with Crippen LogP contribution in [0.5, 0.6) is 0 Å². The Morgan fingerprint density at radius 1 is 1.17 bits per heavy atom. The fourth-order valence-electron chi connectivity index (χ4n) is 3.24. The molecule has 0 bridgehead atoms. The molecule has 2 heterocycles. The van der Waals surface area contributed by atoms with Gasteiger partial charge in [-0.1, -0.05) is 12.1 Å². The number of ether oxygens (including phenoxy) is 2. The molecule has 0 spiro atoms. The molecule has 2 N–H and O–H groups in total. The summed E-state index contributed by atoms with van der Waals surface area (Å²) < 4.78 is 24.5. The van der Waals surface area contributed by atoms with E-state index < -0.39 is 0 Å². The molecule has 134 valence electrons. The van der Waals surface area contributed by atoms with Crippen LogP contribution in [0, 0.1) is 5.82 Å². The molecule has 0 atom stereocenters. The van der Waals surface area contributed by atoms with Gasteiger partial charge in [0.15, 0.2) is 5.96 Å². The highest BCUT2D eigenvalue weighted by molar-refractivity contribution is 14.0. The maximum absolute atomic E-state index is 13.7. The fraction of sp³-hybridized carbons (Fsp3) is 0.588. The van der Waals surface area contributed by atoms with Crippen molar-refractivity contribution in [1.29, 1.82) is 0 Å². The third-order valence-electron chi connectivity index (χ3n) is 4.77. The molecule has 0 aromatic heterocycles. The van der Waals surface area contributed by atoms with E-state index >= 15 is 0 Å². The van der Waals surface area contributed by atoms with Gasteiger partial charge in [-0.3, -0.25) is 4.99 Å². The van der Waals surface area contributed by atoms with Crippen LogP contribution in [0.1, 0.15) is 18.4 Å². The van der Waals surface area contributed by atoms with E-state index in [-0.39, 0.29) is 35.2 Å². The summed E-state index contributed by atoms with van der Waals surface area (Å²) in [6, 6.07) is 6.83. The van der Waals surface area contributed by atoms with Crippen molar-refractivity contribution in [2.24, 2.45) is 10.7 Å². The molecule has 1 aromatic rings. The van der Waals surface area contributed by atoms with Crippen LogP contribution in [-0.2, 0) is 14.9 Å². The summed E-state index contributed by atoms with van der Waals surface area (Å²) in [5.74, 6) is 0.342. The summed E-state index contributed by atoms with van der Waals surface area (Å²) in [5, 5.41) is 0. The van der Waals surface area contributed by atoms with Crippen LogP contribution in [0.4, 0.5) is 4.39 Å². The Balaban J connectivity index is 0.00000208. The first-order chi connectivity index (χ1) is 11.2. The Kier molecular flexibility index (Phi) is 7.24. The quantitative estimate of drug-likeness (QED) is 0.437. The van der Waals surface area contributed by atoms with Crippen LogP contribution >= 0.6 is 24.0 Å². The lowest BCUT2D eigenvalue weighted by atomic mass is 9.74. The molecule has 3 rings (SSSR count). The van der Waals surface area contributed by atoms with Gasteiger partial charge in [0, 0.05) is 31.7 Å². The monoisotopic (exact) mass is 449 g/mol. The number of rotatable bonds is 3. The summed E-state index contributed by atoms with van der Waals surface area (Å²) in [5.41, 5.74) is 6.94. The van der Waals surface area contributed by atoms with Crippen molar-refractivity contribution in [2.75, 3.05) is 46.1 Å². The normalized spacial score (nSPS) is 21.2. The summed E-state index contributed by atoms with van der Waals surface area (Å²) in [6.07, 6.45) is 1.66. The molecule has 0 aliphatic carbocycles. The largest absolute Gasteiger partial charge is 0.381 e. The lowest BCUT2D eigenvalue weighted by molar-refractivity contribution is 0.0523. The van der Waals surface area contributed by atoms with E-state index in [1.165, 1.54) is 6.07 Å². The van der Waals surface area contributed by atoms with Gasteiger partial charge in [0.1, 0.15) is 5.82 Å². The highest BCUT2D eigenvalue weighted by atomic mass is 127. The highest BCUT2D eigenvalue weighted by Crippen LogP contribution is 2.35. The first kappa shape index (κ1) is 19.4. The van der Waals surface area contributed by atoms with Gasteiger partial charge >= 0.3 is 0 Å². The van der Waals surface area contributed by atoms with Crippen molar-refractivity contribution in [1.82, 2.24) is 4.90 Å². The summed E-state index contributed by atoms with van der Waals surface area (Å²) >= 11 is 0. The van der Waals surface area contributed by atoms with Gasteiger partial charge < -0.3 is 20.1 Å². The molecule has 0 unspecified atom stereocenters. The van der Waals surface area contributed by atoms with Crippen molar-refractivity contribution in [3.63, 3.8) is 0 Å². The lowest BCUT2D eigenvalue weighted by Gasteiger charge is -2.37. The Hall–Kier alpha value is -0.930. The molecular weight excluding hydrogens is 424 g/mol. The minimum Gasteiger partial charge on any atom is -0.381 e. The number of morpholine rings is 1.